The van der Waals surface area contributed by atoms with E-state index in [9.17, 15) is 4.79 Å². The van der Waals surface area contributed by atoms with Crippen LogP contribution in [0.5, 0.6) is 5.75 Å². The van der Waals surface area contributed by atoms with Gasteiger partial charge in [-0.25, -0.2) is 9.97 Å². The van der Waals surface area contributed by atoms with E-state index in [1.807, 2.05) is 32.9 Å². The molecule has 1 aromatic heterocycles. The number of ether oxygens (including phenoxy) is 1. The topological polar surface area (TPSA) is 76.1 Å². The minimum atomic E-state index is -0.285. The minimum absolute atomic E-state index is 0.138. The molecule has 0 fully saturated rings. The van der Waals surface area contributed by atoms with Gasteiger partial charge in [0.1, 0.15) is 5.75 Å². The van der Waals surface area contributed by atoms with Crippen LogP contribution < -0.4 is 15.4 Å². The minimum Gasteiger partial charge on any atom is -0.495 e. The summed E-state index contributed by atoms with van der Waals surface area (Å²) in [6.07, 6.45) is 2.98. The Morgan fingerprint density at radius 1 is 1.14 bits per heavy atom. The largest absolute Gasteiger partial charge is 0.495 e. The third kappa shape index (κ3) is 4.18. The van der Waals surface area contributed by atoms with Gasteiger partial charge in [-0.05, 0) is 32.9 Å². The lowest BCUT2D eigenvalue weighted by atomic mass is 10.1. The number of nitrogens with zero attached hydrogens (tertiary/aromatic N) is 2. The molecule has 0 aliphatic heterocycles. The number of carbonyl (C=O) groups is 1. The molecular weight excluding hydrogens is 280 g/mol. The van der Waals surface area contributed by atoms with Gasteiger partial charge in [-0.15, -0.1) is 0 Å². The smallest absolute Gasteiger partial charge is 0.258 e. The molecule has 1 heterocycles. The van der Waals surface area contributed by atoms with Gasteiger partial charge < -0.3 is 15.4 Å². The molecule has 0 atom stereocenters. The first-order chi connectivity index (χ1) is 10.4. The molecule has 6 heteroatoms. The van der Waals surface area contributed by atoms with Crippen LogP contribution in [0.25, 0.3) is 0 Å². The molecule has 6 nitrogen and oxygen atoms in total. The maximum Gasteiger partial charge on any atom is 0.258 e. The monoisotopic (exact) mass is 300 g/mol. The second-order valence-corrected chi connectivity index (χ2v) is 5.82. The van der Waals surface area contributed by atoms with Gasteiger partial charge in [0.05, 0.1) is 18.4 Å². The number of anilines is 2. The Kier molecular flexibility index (Phi) is 4.60. The van der Waals surface area contributed by atoms with Crippen molar-refractivity contribution in [3.8, 4) is 5.75 Å². The molecular formula is C16H20N4O2. The first-order valence-corrected chi connectivity index (χ1v) is 6.93. The lowest BCUT2D eigenvalue weighted by Crippen LogP contribution is -2.27. The SMILES string of the molecule is COc1ccccc1NC(=O)c1cnc(NC(C)(C)C)nc1. The van der Waals surface area contributed by atoms with Crippen LogP contribution in [0, 0.1) is 0 Å². The average molecular weight is 300 g/mol. The Balaban J connectivity index is 2.10. The fourth-order valence-electron chi connectivity index (χ4n) is 1.79. The molecule has 0 saturated carbocycles. The Hall–Kier alpha value is -2.63. The molecule has 0 saturated heterocycles. The Morgan fingerprint density at radius 2 is 1.77 bits per heavy atom. The highest BCUT2D eigenvalue weighted by atomic mass is 16.5. The summed E-state index contributed by atoms with van der Waals surface area (Å²) < 4.78 is 5.20. The van der Waals surface area contributed by atoms with Gasteiger partial charge in [-0.1, -0.05) is 12.1 Å². The number of benzene rings is 1. The highest BCUT2D eigenvalue weighted by Gasteiger charge is 2.13. The second-order valence-electron chi connectivity index (χ2n) is 5.82. The lowest BCUT2D eigenvalue weighted by molar-refractivity contribution is 0.102. The summed E-state index contributed by atoms with van der Waals surface area (Å²) in [5.74, 6) is 0.802. The van der Waals surface area contributed by atoms with E-state index in [0.717, 1.165) is 0 Å². The number of nitrogens with one attached hydrogen (secondary N) is 2. The summed E-state index contributed by atoms with van der Waals surface area (Å²) in [6.45, 7) is 6.04. The zero-order valence-corrected chi connectivity index (χ0v) is 13.2. The molecule has 0 bridgehead atoms. The fraction of sp³-hybridized carbons (Fsp3) is 0.312. The van der Waals surface area contributed by atoms with E-state index in [-0.39, 0.29) is 11.4 Å². The van der Waals surface area contributed by atoms with E-state index < -0.39 is 0 Å². The quantitative estimate of drug-likeness (QED) is 0.908. The number of hydrogen-bond donors (Lipinski definition) is 2. The number of para-hydroxylation sites is 2. The highest BCUT2D eigenvalue weighted by molar-refractivity contribution is 6.04. The van der Waals surface area contributed by atoms with Crippen molar-refractivity contribution >= 4 is 17.5 Å². The van der Waals surface area contributed by atoms with Crippen LogP contribution in [0.2, 0.25) is 0 Å². The maximum atomic E-state index is 12.2. The lowest BCUT2D eigenvalue weighted by Gasteiger charge is -2.20. The average Bonchev–Trinajstić information content (AvgIpc) is 2.47. The van der Waals surface area contributed by atoms with Crippen molar-refractivity contribution in [2.24, 2.45) is 0 Å². The zero-order chi connectivity index (χ0) is 16.2. The number of aromatic nitrogens is 2. The van der Waals surface area contributed by atoms with Crippen LogP contribution in [0.1, 0.15) is 31.1 Å². The molecule has 0 aliphatic carbocycles. The zero-order valence-electron chi connectivity index (χ0n) is 13.2. The highest BCUT2D eigenvalue weighted by Crippen LogP contribution is 2.23. The van der Waals surface area contributed by atoms with Crippen molar-refractivity contribution in [1.29, 1.82) is 0 Å². The van der Waals surface area contributed by atoms with Crippen molar-refractivity contribution in [2.45, 2.75) is 26.3 Å². The molecule has 2 rings (SSSR count). The van der Waals surface area contributed by atoms with E-state index in [0.29, 0.717) is 22.9 Å². The van der Waals surface area contributed by atoms with Crippen molar-refractivity contribution in [2.75, 3.05) is 17.7 Å². The first-order valence-electron chi connectivity index (χ1n) is 6.93. The van der Waals surface area contributed by atoms with Gasteiger partial charge in [0, 0.05) is 17.9 Å². The summed E-state index contributed by atoms with van der Waals surface area (Å²) in [7, 11) is 1.56. The standard InChI is InChI=1S/C16H20N4O2/c1-16(2,3)20-15-17-9-11(10-18-15)14(21)19-12-7-5-6-8-13(12)22-4/h5-10H,1-4H3,(H,19,21)(H,17,18,20). The summed E-state index contributed by atoms with van der Waals surface area (Å²) in [6, 6.07) is 7.21. The van der Waals surface area contributed by atoms with Gasteiger partial charge >= 0.3 is 0 Å². The summed E-state index contributed by atoms with van der Waals surface area (Å²) in [5, 5.41) is 5.92. The number of methoxy groups -OCH3 is 1. The molecule has 1 aromatic carbocycles. The van der Waals surface area contributed by atoms with E-state index >= 15 is 0 Å². The van der Waals surface area contributed by atoms with Crippen LogP contribution in [0.3, 0.4) is 0 Å². The Labute approximate surface area is 129 Å². The summed E-state index contributed by atoms with van der Waals surface area (Å²) >= 11 is 0. The van der Waals surface area contributed by atoms with Crippen molar-refractivity contribution in [3.05, 3.63) is 42.2 Å². The third-order valence-corrected chi connectivity index (χ3v) is 2.76. The normalized spacial score (nSPS) is 10.9. The first kappa shape index (κ1) is 15.8. The second kappa shape index (κ2) is 6.43. The van der Waals surface area contributed by atoms with Crippen molar-refractivity contribution in [3.63, 3.8) is 0 Å². The van der Waals surface area contributed by atoms with E-state index in [1.54, 1.807) is 19.2 Å². The van der Waals surface area contributed by atoms with Crippen LogP contribution in [0.15, 0.2) is 36.7 Å². The van der Waals surface area contributed by atoms with E-state index in [4.69, 9.17) is 4.74 Å². The molecule has 116 valence electrons. The van der Waals surface area contributed by atoms with Crippen molar-refractivity contribution < 1.29 is 9.53 Å². The number of amides is 1. The van der Waals surface area contributed by atoms with E-state index in [1.165, 1.54) is 12.4 Å². The van der Waals surface area contributed by atoms with Gasteiger partial charge in [-0.2, -0.15) is 0 Å². The maximum absolute atomic E-state index is 12.2. The number of carbonyl (C=O) groups excluding carboxylic acids is 1. The van der Waals surface area contributed by atoms with Crippen LogP contribution in [-0.4, -0.2) is 28.5 Å². The molecule has 0 radical (unpaired) electrons. The summed E-state index contributed by atoms with van der Waals surface area (Å²) in [4.78, 5) is 20.5. The number of rotatable bonds is 4. The molecule has 2 N–H and O–H groups in total. The fourth-order valence-corrected chi connectivity index (χ4v) is 1.79. The van der Waals surface area contributed by atoms with Crippen LogP contribution >= 0.6 is 0 Å². The Morgan fingerprint density at radius 3 is 2.36 bits per heavy atom. The third-order valence-electron chi connectivity index (χ3n) is 2.76. The van der Waals surface area contributed by atoms with Crippen LogP contribution in [0.4, 0.5) is 11.6 Å². The Bertz CT molecular complexity index is 648. The van der Waals surface area contributed by atoms with E-state index in [2.05, 4.69) is 20.6 Å². The number of hydrogen-bond acceptors (Lipinski definition) is 5. The predicted molar refractivity (Wildman–Crippen MR) is 86.4 cm³/mol. The summed E-state index contributed by atoms with van der Waals surface area (Å²) in [5.41, 5.74) is 0.846. The van der Waals surface area contributed by atoms with Crippen molar-refractivity contribution in [1.82, 2.24) is 9.97 Å². The molecule has 0 aliphatic rings. The molecule has 1 amide bonds. The predicted octanol–water partition coefficient (Wildman–Crippen LogP) is 2.95. The van der Waals surface area contributed by atoms with Gasteiger partial charge in [0.2, 0.25) is 5.95 Å². The van der Waals surface area contributed by atoms with Crippen LogP contribution in [-0.2, 0) is 0 Å². The van der Waals surface area contributed by atoms with Gasteiger partial charge in [0.15, 0.2) is 0 Å². The molecule has 22 heavy (non-hydrogen) atoms. The molecule has 2 aromatic rings. The van der Waals surface area contributed by atoms with Gasteiger partial charge in [0.25, 0.3) is 5.91 Å². The molecule has 0 unspecified atom stereocenters. The molecule has 0 spiro atoms. The van der Waals surface area contributed by atoms with Gasteiger partial charge in [-0.3, -0.25) is 4.79 Å².